The summed E-state index contributed by atoms with van der Waals surface area (Å²) in [5, 5.41) is 22.3. The van der Waals surface area contributed by atoms with Gasteiger partial charge in [0.2, 0.25) is 0 Å². The Kier molecular flexibility index (Phi) is 4.50. The molecule has 0 radical (unpaired) electrons. The number of aliphatic hydroxyl groups is 1. The Morgan fingerprint density at radius 2 is 2.19 bits per heavy atom. The van der Waals surface area contributed by atoms with Gasteiger partial charge in [0.25, 0.3) is 5.91 Å². The summed E-state index contributed by atoms with van der Waals surface area (Å²) < 4.78 is 6.85. The number of amides is 1. The van der Waals surface area contributed by atoms with Crippen LogP contribution in [0.15, 0.2) is 18.2 Å². The van der Waals surface area contributed by atoms with Crippen LogP contribution in [0.3, 0.4) is 0 Å². The standard InChI is InChI=1S/C15H20N2O4/c1-9-14(15(20)16-10(7-18)8-21-3)12-6-11(19)4-5-13(12)17(9)2/h4-6,10,18-19H,7-8H2,1-3H3,(H,16,20)/t10-/m1/s1. The van der Waals surface area contributed by atoms with Crippen LogP contribution in [-0.2, 0) is 11.8 Å². The molecule has 0 aliphatic rings. The molecule has 0 aliphatic heterocycles. The zero-order valence-electron chi connectivity index (χ0n) is 12.4. The van der Waals surface area contributed by atoms with E-state index in [1.165, 1.54) is 7.11 Å². The van der Waals surface area contributed by atoms with Crippen LogP contribution < -0.4 is 5.32 Å². The molecule has 1 atom stereocenters. The van der Waals surface area contributed by atoms with E-state index in [1.807, 2.05) is 18.5 Å². The third kappa shape index (κ3) is 2.86. The molecule has 1 amide bonds. The van der Waals surface area contributed by atoms with Gasteiger partial charge in [0.05, 0.1) is 24.8 Å². The van der Waals surface area contributed by atoms with Gasteiger partial charge in [-0.15, -0.1) is 0 Å². The number of aromatic hydroxyl groups is 1. The molecule has 1 heterocycles. The van der Waals surface area contributed by atoms with E-state index in [9.17, 15) is 15.0 Å². The summed E-state index contributed by atoms with van der Waals surface area (Å²) in [6, 6.07) is 4.47. The predicted molar refractivity (Wildman–Crippen MR) is 79.5 cm³/mol. The maximum atomic E-state index is 12.5. The van der Waals surface area contributed by atoms with Gasteiger partial charge in [-0.1, -0.05) is 0 Å². The normalized spacial score (nSPS) is 12.6. The van der Waals surface area contributed by atoms with Crippen LogP contribution in [0.5, 0.6) is 5.75 Å². The van der Waals surface area contributed by atoms with Crippen molar-refractivity contribution in [2.45, 2.75) is 13.0 Å². The minimum Gasteiger partial charge on any atom is -0.508 e. The lowest BCUT2D eigenvalue weighted by atomic mass is 10.1. The van der Waals surface area contributed by atoms with Crippen molar-refractivity contribution in [3.8, 4) is 5.75 Å². The van der Waals surface area contributed by atoms with Crippen molar-refractivity contribution < 1.29 is 19.7 Å². The monoisotopic (exact) mass is 292 g/mol. The molecule has 0 saturated heterocycles. The Labute approximate surface area is 123 Å². The molecule has 1 aromatic heterocycles. The number of fused-ring (bicyclic) bond motifs is 1. The molecule has 0 bridgehead atoms. The average Bonchev–Trinajstić information content (AvgIpc) is 2.69. The van der Waals surface area contributed by atoms with Gasteiger partial charge in [-0.3, -0.25) is 4.79 Å². The van der Waals surface area contributed by atoms with E-state index in [0.29, 0.717) is 10.9 Å². The van der Waals surface area contributed by atoms with Crippen LogP contribution >= 0.6 is 0 Å². The molecule has 21 heavy (non-hydrogen) atoms. The van der Waals surface area contributed by atoms with Gasteiger partial charge in [0.15, 0.2) is 0 Å². The number of nitrogens with one attached hydrogen (secondary N) is 1. The summed E-state index contributed by atoms with van der Waals surface area (Å²) in [6.45, 7) is 1.88. The first kappa shape index (κ1) is 15.3. The minimum atomic E-state index is -0.463. The first-order chi connectivity index (χ1) is 9.99. The number of aromatic nitrogens is 1. The number of hydrogen-bond donors (Lipinski definition) is 3. The van der Waals surface area contributed by atoms with Crippen molar-refractivity contribution in [1.82, 2.24) is 9.88 Å². The largest absolute Gasteiger partial charge is 0.508 e. The van der Waals surface area contributed by atoms with Crippen molar-refractivity contribution in [3.63, 3.8) is 0 Å². The zero-order valence-corrected chi connectivity index (χ0v) is 12.4. The van der Waals surface area contributed by atoms with E-state index in [1.54, 1.807) is 18.2 Å². The molecule has 0 aliphatic carbocycles. The second-order valence-corrected chi connectivity index (χ2v) is 5.03. The van der Waals surface area contributed by atoms with Crippen molar-refractivity contribution >= 4 is 16.8 Å². The molecule has 6 heteroatoms. The summed E-state index contributed by atoms with van der Waals surface area (Å²) in [7, 11) is 3.38. The quantitative estimate of drug-likeness (QED) is 0.765. The molecule has 114 valence electrons. The van der Waals surface area contributed by atoms with Crippen molar-refractivity contribution in [1.29, 1.82) is 0 Å². The van der Waals surface area contributed by atoms with Crippen LogP contribution in [0.2, 0.25) is 0 Å². The summed E-state index contributed by atoms with van der Waals surface area (Å²) in [5.41, 5.74) is 2.16. The highest BCUT2D eigenvalue weighted by molar-refractivity contribution is 6.08. The fourth-order valence-electron chi connectivity index (χ4n) is 2.45. The van der Waals surface area contributed by atoms with Gasteiger partial charge in [-0.2, -0.15) is 0 Å². The van der Waals surface area contributed by atoms with Crippen LogP contribution in [0, 0.1) is 6.92 Å². The number of phenols is 1. The van der Waals surface area contributed by atoms with Gasteiger partial charge in [-0.25, -0.2) is 0 Å². The van der Waals surface area contributed by atoms with Gasteiger partial charge in [0, 0.05) is 30.8 Å². The topological polar surface area (TPSA) is 83.7 Å². The van der Waals surface area contributed by atoms with E-state index < -0.39 is 6.04 Å². The number of carbonyl (C=O) groups is 1. The van der Waals surface area contributed by atoms with Gasteiger partial charge >= 0.3 is 0 Å². The van der Waals surface area contributed by atoms with Crippen LogP contribution in [0.4, 0.5) is 0 Å². The molecule has 0 saturated carbocycles. The molecule has 0 spiro atoms. The van der Waals surface area contributed by atoms with Crippen LogP contribution in [0.25, 0.3) is 10.9 Å². The first-order valence-corrected chi connectivity index (χ1v) is 6.68. The SMILES string of the molecule is COC[C@@H](CO)NC(=O)c1c(C)n(C)c2ccc(O)cc12. The molecule has 2 rings (SSSR count). The van der Waals surface area contributed by atoms with E-state index >= 15 is 0 Å². The average molecular weight is 292 g/mol. The Hall–Kier alpha value is -2.05. The first-order valence-electron chi connectivity index (χ1n) is 6.68. The van der Waals surface area contributed by atoms with E-state index in [-0.39, 0.29) is 24.9 Å². The molecule has 6 nitrogen and oxygen atoms in total. The number of ether oxygens (including phenoxy) is 1. The Morgan fingerprint density at radius 1 is 1.48 bits per heavy atom. The van der Waals surface area contributed by atoms with Gasteiger partial charge in [-0.05, 0) is 25.1 Å². The van der Waals surface area contributed by atoms with Gasteiger partial charge in [0.1, 0.15) is 5.75 Å². The number of rotatable bonds is 5. The Balaban J connectivity index is 2.43. The fraction of sp³-hybridized carbons (Fsp3) is 0.400. The lowest BCUT2D eigenvalue weighted by molar-refractivity contribution is 0.0840. The number of phenolic OH excluding ortho intramolecular Hbond substituents is 1. The molecule has 2 aromatic rings. The lowest BCUT2D eigenvalue weighted by Crippen LogP contribution is -2.40. The number of nitrogens with zero attached hydrogens (tertiary/aromatic N) is 1. The number of benzene rings is 1. The third-order valence-electron chi connectivity index (χ3n) is 3.63. The summed E-state index contributed by atoms with van der Waals surface area (Å²) in [6.07, 6.45) is 0. The minimum absolute atomic E-state index is 0.109. The molecule has 0 unspecified atom stereocenters. The van der Waals surface area contributed by atoms with Crippen molar-refractivity contribution in [3.05, 3.63) is 29.5 Å². The number of aryl methyl sites for hydroxylation is 1. The van der Waals surface area contributed by atoms with E-state index in [0.717, 1.165) is 11.2 Å². The van der Waals surface area contributed by atoms with Crippen LogP contribution in [-0.4, -0.2) is 47.1 Å². The van der Waals surface area contributed by atoms with Gasteiger partial charge < -0.3 is 24.8 Å². The van der Waals surface area contributed by atoms with Crippen molar-refractivity contribution in [2.24, 2.45) is 7.05 Å². The van der Waals surface area contributed by atoms with Crippen LogP contribution in [0.1, 0.15) is 16.1 Å². The Morgan fingerprint density at radius 3 is 2.81 bits per heavy atom. The summed E-state index contributed by atoms with van der Waals surface area (Å²) in [4.78, 5) is 12.5. The fourth-order valence-corrected chi connectivity index (χ4v) is 2.45. The predicted octanol–water partition coefficient (Wildman–Crippen LogP) is 0.929. The molecule has 3 N–H and O–H groups in total. The summed E-state index contributed by atoms with van der Waals surface area (Å²) in [5.74, 6) is -0.183. The second kappa shape index (κ2) is 6.15. The third-order valence-corrected chi connectivity index (χ3v) is 3.63. The maximum absolute atomic E-state index is 12.5. The highest BCUT2D eigenvalue weighted by Crippen LogP contribution is 2.28. The zero-order chi connectivity index (χ0) is 15.6. The molecular formula is C15H20N2O4. The van der Waals surface area contributed by atoms with E-state index in [2.05, 4.69) is 5.32 Å². The number of carbonyl (C=O) groups excluding carboxylic acids is 1. The highest BCUT2D eigenvalue weighted by Gasteiger charge is 2.21. The smallest absolute Gasteiger partial charge is 0.254 e. The maximum Gasteiger partial charge on any atom is 0.254 e. The highest BCUT2D eigenvalue weighted by atomic mass is 16.5. The molecule has 1 aromatic carbocycles. The van der Waals surface area contributed by atoms with E-state index in [4.69, 9.17) is 4.74 Å². The number of hydrogen-bond acceptors (Lipinski definition) is 4. The second-order valence-electron chi connectivity index (χ2n) is 5.03. The van der Waals surface area contributed by atoms with Crippen molar-refractivity contribution in [2.75, 3.05) is 20.3 Å². The lowest BCUT2D eigenvalue weighted by Gasteiger charge is -2.15. The Bertz CT molecular complexity index is 663. The molecule has 0 fully saturated rings. The summed E-state index contributed by atoms with van der Waals surface area (Å²) >= 11 is 0. The number of aliphatic hydroxyl groups excluding tert-OH is 1. The number of methoxy groups -OCH3 is 1. The molecular weight excluding hydrogens is 272 g/mol.